The Hall–Kier alpha value is -3.15. The van der Waals surface area contributed by atoms with Crippen molar-refractivity contribution in [3.63, 3.8) is 0 Å². The second-order valence-electron chi connectivity index (χ2n) is 7.66. The van der Waals surface area contributed by atoms with Crippen LogP contribution in [0.5, 0.6) is 0 Å². The highest BCUT2D eigenvalue weighted by molar-refractivity contribution is 5.81. The van der Waals surface area contributed by atoms with E-state index in [-0.39, 0.29) is 18.3 Å². The zero-order valence-electron chi connectivity index (χ0n) is 17.1. The average molecular weight is 409 g/mol. The SMILES string of the molecule is CC(=O)CCCCCC(NC(=O)OCC1c2ccccc2-c2ccccc21)C(=O)O. The number of carbonyl (C=O) groups excluding carboxylic acids is 2. The van der Waals surface area contributed by atoms with Crippen LogP contribution in [-0.2, 0) is 14.3 Å². The molecular formula is C24H27NO5. The Kier molecular flexibility index (Phi) is 7.22. The molecule has 0 bridgehead atoms. The quantitative estimate of drug-likeness (QED) is 0.563. The Morgan fingerprint density at radius 3 is 2.13 bits per heavy atom. The van der Waals surface area contributed by atoms with E-state index in [4.69, 9.17) is 4.74 Å². The first-order valence-electron chi connectivity index (χ1n) is 10.3. The molecule has 0 heterocycles. The minimum absolute atomic E-state index is 0.0713. The van der Waals surface area contributed by atoms with Crippen molar-refractivity contribution in [2.75, 3.05) is 6.61 Å². The summed E-state index contributed by atoms with van der Waals surface area (Å²) in [6.45, 7) is 1.68. The molecule has 30 heavy (non-hydrogen) atoms. The normalized spacial score (nSPS) is 13.2. The predicted molar refractivity (Wildman–Crippen MR) is 113 cm³/mol. The van der Waals surface area contributed by atoms with E-state index in [0.717, 1.165) is 35.1 Å². The lowest BCUT2D eigenvalue weighted by Gasteiger charge is -2.17. The fourth-order valence-electron chi connectivity index (χ4n) is 3.94. The number of rotatable bonds is 10. The number of carboxylic acids is 1. The summed E-state index contributed by atoms with van der Waals surface area (Å²) in [4.78, 5) is 34.7. The Labute approximate surface area is 176 Å². The molecule has 6 nitrogen and oxygen atoms in total. The number of fused-ring (bicyclic) bond motifs is 3. The summed E-state index contributed by atoms with van der Waals surface area (Å²) >= 11 is 0. The molecule has 0 fully saturated rings. The van der Waals surface area contributed by atoms with Crippen molar-refractivity contribution in [2.24, 2.45) is 0 Å². The number of nitrogens with one attached hydrogen (secondary N) is 1. The minimum atomic E-state index is -1.09. The number of ether oxygens (including phenoxy) is 1. The maximum absolute atomic E-state index is 12.3. The molecule has 0 aromatic heterocycles. The molecule has 1 aliphatic carbocycles. The largest absolute Gasteiger partial charge is 0.480 e. The molecule has 1 aliphatic rings. The van der Waals surface area contributed by atoms with Crippen LogP contribution in [-0.4, -0.2) is 35.6 Å². The Morgan fingerprint density at radius 2 is 1.57 bits per heavy atom. The minimum Gasteiger partial charge on any atom is -0.480 e. The average Bonchev–Trinajstić information content (AvgIpc) is 3.04. The van der Waals surface area contributed by atoms with Crippen LogP contribution in [0.25, 0.3) is 11.1 Å². The number of hydrogen-bond donors (Lipinski definition) is 2. The molecule has 0 saturated heterocycles. The third kappa shape index (κ3) is 5.26. The molecule has 3 rings (SSSR count). The lowest BCUT2D eigenvalue weighted by atomic mass is 9.98. The van der Waals surface area contributed by atoms with E-state index in [0.29, 0.717) is 19.3 Å². The van der Waals surface area contributed by atoms with Crippen LogP contribution in [0.15, 0.2) is 48.5 Å². The van der Waals surface area contributed by atoms with Crippen LogP contribution < -0.4 is 5.32 Å². The summed E-state index contributed by atoms with van der Waals surface area (Å²) in [5.74, 6) is -1.03. The Morgan fingerprint density at radius 1 is 0.967 bits per heavy atom. The van der Waals surface area contributed by atoms with Gasteiger partial charge in [0, 0.05) is 12.3 Å². The van der Waals surface area contributed by atoms with Crippen molar-refractivity contribution in [1.82, 2.24) is 5.32 Å². The second-order valence-corrected chi connectivity index (χ2v) is 7.66. The number of ketones is 1. The van der Waals surface area contributed by atoms with Crippen LogP contribution in [0.4, 0.5) is 4.79 Å². The molecule has 2 aromatic carbocycles. The predicted octanol–water partition coefficient (Wildman–Crippen LogP) is 4.52. The summed E-state index contributed by atoms with van der Waals surface area (Å²) in [6.07, 6.45) is 2.17. The van der Waals surface area contributed by atoms with Crippen molar-refractivity contribution >= 4 is 17.8 Å². The standard InChI is InChI=1S/C24H27NO5/c1-16(26)9-3-2-4-14-22(23(27)28)25-24(29)30-15-21-19-12-7-5-10-17(19)18-11-6-8-13-20(18)21/h5-8,10-13,21-22H,2-4,9,14-15H2,1H3,(H,25,29)(H,27,28). The van der Waals surface area contributed by atoms with Gasteiger partial charge in [-0.2, -0.15) is 0 Å². The van der Waals surface area contributed by atoms with Crippen molar-refractivity contribution < 1.29 is 24.2 Å². The summed E-state index contributed by atoms with van der Waals surface area (Å²) in [7, 11) is 0. The van der Waals surface area contributed by atoms with Gasteiger partial charge in [0.15, 0.2) is 0 Å². The van der Waals surface area contributed by atoms with Crippen LogP contribution in [0, 0.1) is 0 Å². The first-order chi connectivity index (χ1) is 14.5. The van der Waals surface area contributed by atoms with E-state index in [1.807, 2.05) is 36.4 Å². The maximum Gasteiger partial charge on any atom is 0.407 e. The van der Waals surface area contributed by atoms with E-state index in [1.54, 1.807) is 6.92 Å². The van der Waals surface area contributed by atoms with Gasteiger partial charge in [0.1, 0.15) is 18.4 Å². The van der Waals surface area contributed by atoms with Crippen molar-refractivity contribution in [1.29, 1.82) is 0 Å². The van der Waals surface area contributed by atoms with Gasteiger partial charge in [0.05, 0.1) is 0 Å². The fourth-order valence-corrected chi connectivity index (χ4v) is 3.94. The molecule has 6 heteroatoms. The number of amides is 1. The van der Waals surface area contributed by atoms with Crippen LogP contribution in [0.3, 0.4) is 0 Å². The number of Topliss-reactive ketones (excluding diaryl/α,β-unsaturated/α-hetero) is 1. The number of carboxylic acid groups (broad SMARTS) is 1. The van der Waals surface area contributed by atoms with Gasteiger partial charge in [-0.25, -0.2) is 9.59 Å². The molecule has 158 valence electrons. The number of carbonyl (C=O) groups is 3. The first-order valence-corrected chi connectivity index (χ1v) is 10.3. The molecular weight excluding hydrogens is 382 g/mol. The monoisotopic (exact) mass is 409 g/mol. The lowest BCUT2D eigenvalue weighted by molar-refractivity contribution is -0.139. The van der Waals surface area contributed by atoms with E-state index in [9.17, 15) is 19.5 Å². The van der Waals surface area contributed by atoms with Crippen molar-refractivity contribution in [3.05, 3.63) is 59.7 Å². The fraction of sp³-hybridized carbons (Fsp3) is 0.375. The van der Waals surface area contributed by atoms with Crippen LogP contribution in [0.2, 0.25) is 0 Å². The summed E-state index contributed by atoms with van der Waals surface area (Å²) in [6, 6.07) is 15.1. The molecule has 1 unspecified atom stereocenters. The van der Waals surface area contributed by atoms with Crippen molar-refractivity contribution in [3.8, 4) is 11.1 Å². The van der Waals surface area contributed by atoms with Gasteiger partial charge < -0.3 is 20.0 Å². The van der Waals surface area contributed by atoms with E-state index >= 15 is 0 Å². The van der Waals surface area contributed by atoms with E-state index in [1.165, 1.54) is 0 Å². The molecule has 0 saturated carbocycles. The highest BCUT2D eigenvalue weighted by Crippen LogP contribution is 2.44. The highest BCUT2D eigenvalue weighted by atomic mass is 16.5. The van der Waals surface area contributed by atoms with Gasteiger partial charge in [-0.15, -0.1) is 0 Å². The molecule has 2 N–H and O–H groups in total. The van der Waals surface area contributed by atoms with E-state index in [2.05, 4.69) is 17.4 Å². The Bertz CT molecular complexity index is 878. The van der Waals surface area contributed by atoms with Crippen LogP contribution >= 0.6 is 0 Å². The Balaban J connectivity index is 1.54. The van der Waals surface area contributed by atoms with Gasteiger partial charge in [-0.1, -0.05) is 61.4 Å². The van der Waals surface area contributed by atoms with Crippen molar-refractivity contribution in [2.45, 2.75) is 51.0 Å². The van der Waals surface area contributed by atoms with Crippen LogP contribution in [0.1, 0.15) is 56.1 Å². The van der Waals surface area contributed by atoms with Gasteiger partial charge in [-0.3, -0.25) is 0 Å². The zero-order valence-corrected chi connectivity index (χ0v) is 17.1. The molecule has 2 aromatic rings. The first kappa shape index (κ1) is 21.6. The summed E-state index contributed by atoms with van der Waals surface area (Å²) < 4.78 is 5.42. The van der Waals surface area contributed by atoms with Gasteiger partial charge in [0.25, 0.3) is 0 Å². The molecule has 0 spiro atoms. The second kappa shape index (κ2) is 10.1. The van der Waals surface area contributed by atoms with Gasteiger partial charge in [0.2, 0.25) is 0 Å². The van der Waals surface area contributed by atoms with Gasteiger partial charge in [-0.05, 0) is 42.0 Å². The number of hydrogen-bond acceptors (Lipinski definition) is 4. The van der Waals surface area contributed by atoms with E-state index < -0.39 is 18.1 Å². The molecule has 0 aliphatic heterocycles. The lowest BCUT2D eigenvalue weighted by Crippen LogP contribution is -2.41. The zero-order chi connectivity index (χ0) is 21.5. The summed E-state index contributed by atoms with van der Waals surface area (Å²) in [5.41, 5.74) is 4.48. The highest BCUT2D eigenvalue weighted by Gasteiger charge is 2.29. The number of unbranched alkanes of at least 4 members (excludes halogenated alkanes) is 2. The third-order valence-electron chi connectivity index (χ3n) is 5.46. The smallest absolute Gasteiger partial charge is 0.407 e. The number of alkyl carbamates (subject to hydrolysis) is 1. The molecule has 0 radical (unpaired) electrons. The topological polar surface area (TPSA) is 92.7 Å². The summed E-state index contributed by atoms with van der Waals surface area (Å²) in [5, 5.41) is 11.8. The van der Waals surface area contributed by atoms with Gasteiger partial charge >= 0.3 is 12.1 Å². The third-order valence-corrected chi connectivity index (χ3v) is 5.46. The number of benzene rings is 2. The number of aliphatic carboxylic acids is 1. The maximum atomic E-state index is 12.3. The molecule has 1 amide bonds. The molecule has 1 atom stereocenters.